The van der Waals surface area contributed by atoms with E-state index in [2.05, 4.69) is 10.4 Å². The lowest BCUT2D eigenvalue weighted by Gasteiger charge is -2.27. The van der Waals surface area contributed by atoms with Crippen molar-refractivity contribution in [3.05, 3.63) is 40.3 Å². The number of amides is 1. The van der Waals surface area contributed by atoms with Crippen LogP contribution < -0.4 is 10.9 Å². The molecule has 2 N–H and O–H groups in total. The molecule has 1 aliphatic carbocycles. The predicted octanol–water partition coefficient (Wildman–Crippen LogP) is 3.21. The summed E-state index contributed by atoms with van der Waals surface area (Å²) in [4.78, 5) is 37.7. The molecule has 1 amide bonds. The Morgan fingerprint density at radius 2 is 1.79 bits per heavy atom. The Labute approximate surface area is 170 Å². The topological polar surface area (TPSA) is 101 Å². The zero-order valence-electron chi connectivity index (χ0n) is 17.1. The Morgan fingerprint density at radius 3 is 2.45 bits per heavy atom. The van der Waals surface area contributed by atoms with Crippen LogP contribution in [-0.4, -0.2) is 32.8 Å². The van der Waals surface area contributed by atoms with Gasteiger partial charge in [0.2, 0.25) is 0 Å². The lowest BCUT2D eigenvalue weighted by atomic mass is 9.86. The largest absolute Gasteiger partial charge is 0.481 e. The van der Waals surface area contributed by atoms with Gasteiger partial charge in [0, 0.05) is 18.0 Å². The minimum absolute atomic E-state index is 0.173. The van der Waals surface area contributed by atoms with Crippen LogP contribution in [-0.2, 0) is 11.3 Å². The molecule has 0 aliphatic heterocycles. The van der Waals surface area contributed by atoms with Crippen LogP contribution in [0.5, 0.6) is 0 Å². The first-order valence-corrected chi connectivity index (χ1v) is 10.4. The van der Waals surface area contributed by atoms with Gasteiger partial charge in [-0.1, -0.05) is 57.7 Å². The molecule has 7 heteroatoms. The molecule has 0 bridgehead atoms. The summed E-state index contributed by atoms with van der Waals surface area (Å²) in [5, 5.41) is 17.9. The van der Waals surface area contributed by atoms with E-state index in [1.54, 1.807) is 24.3 Å². The zero-order valence-corrected chi connectivity index (χ0v) is 17.1. The molecule has 3 rings (SSSR count). The minimum atomic E-state index is -0.875. The summed E-state index contributed by atoms with van der Waals surface area (Å²) in [6.07, 6.45) is 4.99. The fourth-order valence-corrected chi connectivity index (χ4v) is 4.06. The molecule has 7 nitrogen and oxygen atoms in total. The smallest absolute Gasteiger partial charge is 0.308 e. The second-order valence-corrected chi connectivity index (χ2v) is 8.29. The Balaban J connectivity index is 1.98. The molecule has 1 aromatic heterocycles. The maximum atomic E-state index is 13.2. The van der Waals surface area contributed by atoms with Gasteiger partial charge in [0.15, 0.2) is 5.69 Å². The summed E-state index contributed by atoms with van der Waals surface area (Å²) in [7, 11) is 0. The van der Waals surface area contributed by atoms with Gasteiger partial charge in [0.1, 0.15) is 0 Å². The summed E-state index contributed by atoms with van der Waals surface area (Å²) in [6.45, 7) is 4.37. The SMILES string of the molecule is CC(C)Cn1nc(C(=O)NC2CCCCCCC2C(=O)O)c2ccccc2c1=O. The molecule has 2 unspecified atom stereocenters. The molecule has 156 valence electrons. The molecule has 0 radical (unpaired) electrons. The average molecular weight is 399 g/mol. The third-order valence-corrected chi connectivity index (χ3v) is 5.52. The van der Waals surface area contributed by atoms with Crippen molar-refractivity contribution in [2.45, 2.75) is 65.0 Å². The van der Waals surface area contributed by atoms with Gasteiger partial charge < -0.3 is 10.4 Å². The van der Waals surface area contributed by atoms with E-state index in [1.807, 2.05) is 13.8 Å². The van der Waals surface area contributed by atoms with E-state index in [0.717, 1.165) is 25.7 Å². The number of carbonyl (C=O) groups is 2. The highest BCUT2D eigenvalue weighted by atomic mass is 16.4. The normalized spacial score (nSPS) is 20.2. The molecule has 2 aromatic rings. The van der Waals surface area contributed by atoms with Gasteiger partial charge in [-0.15, -0.1) is 0 Å². The first kappa shape index (κ1) is 21.0. The van der Waals surface area contributed by atoms with Gasteiger partial charge in [-0.05, 0) is 24.8 Å². The molecule has 29 heavy (non-hydrogen) atoms. The highest BCUT2D eigenvalue weighted by molar-refractivity contribution is 6.05. The summed E-state index contributed by atoms with van der Waals surface area (Å²) in [5.41, 5.74) is -0.0488. The van der Waals surface area contributed by atoms with Crippen molar-refractivity contribution in [3.63, 3.8) is 0 Å². The second kappa shape index (κ2) is 9.20. The monoisotopic (exact) mass is 399 g/mol. The summed E-state index contributed by atoms with van der Waals surface area (Å²) in [5.74, 6) is -1.71. The van der Waals surface area contributed by atoms with Crippen LogP contribution in [0.3, 0.4) is 0 Å². The van der Waals surface area contributed by atoms with Gasteiger partial charge in [0.25, 0.3) is 11.5 Å². The number of carboxylic acid groups (broad SMARTS) is 1. The molecular formula is C22H29N3O4. The van der Waals surface area contributed by atoms with Crippen molar-refractivity contribution in [2.75, 3.05) is 0 Å². The number of rotatable bonds is 5. The molecule has 1 saturated carbocycles. The summed E-state index contributed by atoms with van der Waals surface area (Å²) < 4.78 is 1.34. The predicted molar refractivity (Wildman–Crippen MR) is 111 cm³/mol. The van der Waals surface area contributed by atoms with Gasteiger partial charge >= 0.3 is 5.97 Å². The number of hydrogen-bond acceptors (Lipinski definition) is 4. The third-order valence-electron chi connectivity index (χ3n) is 5.52. The highest BCUT2D eigenvalue weighted by Crippen LogP contribution is 2.24. The Kier molecular flexibility index (Phi) is 6.67. The Morgan fingerprint density at radius 1 is 1.14 bits per heavy atom. The minimum Gasteiger partial charge on any atom is -0.481 e. The molecular weight excluding hydrogens is 370 g/mol. The van der Waals surface area contributed by atoms with Crippen molar-refractivity contribution in [1.29, 1.82) is 0 Å². The summed E-state index contributed by atoms with van der Waals surface area (Å²) >= 11 is 0. The van der Waals surface area contributed by atoms with E-state index >= 15 is 0 Å². The van der Waals surface area contributed by atoms with E-state index in [1.165, 1.54) is 4.68 Å². The van der Waals surface area contributed by atoms with E-state index in [0.29, 0.717) is 30.2 Å². The number of benzene rings is 1. The van der Waals surface area contributed by atoms with Crippen molar-refractivity contribution in [3.8, 4) is 0 Å². The Hall–Kier alpha value is -2.70. The van der Waals surface area contributed by atoms with Crippen LogP contribution in [0.25, 0.3) is 10.8 Å². The van der Waals surface area contributed by atoms with Crippen LogP contribution in [0.2, 0.25) is 0 Å². The number of carbonyl (C=O) groups excluding carboxylic acids is 1. The van der Waals surface area contributed by atoms with Gasteiger partial charge in [0.05, 0.1) is 11.3 Å². The Bertz CT molecular complexity index is 951. The highest BCUT2D eigenvalue weighted by Gasteiger charge is 2.31. The van der Waals surface area contributed by atoms with Crippen LogP contribution in [0.15, 0.2) is 29.1 Å². The van der Waals surface area contributed by atoms with Crippen molar-refractivity contribution < 1.29 is 14.7 Å². The fraction of sp³-hybridized carbons (Fsp3) is 0.545. The van der Waals surface area contributed by atoms with Gasteiger partial charge in [-0.2, -0.15) is 5.10 Å². The number of aromatic nitrogens is 2. The molecule has 2 atom stereocenters. The van der Waals surface area contributed by atoms with E-state index in [9.17, 15) is 19.5 Å². The van der Waals surface area contributed by atoms with Crippen molar-refractivity contribution in [1.82, 2.24) is 15.1 Å². The number of hydrogen-bond donors (Lipinski definition) is 2. The standard InChI is InChI=1S/C22H29N3O4/c1-14(2)13-25-21(27)16-10-8-7-9-15(16)19(24-25)20(26)23-18-12-6-4-3-5-11-17(18)22(28)29/h7-10,14,17-18H,3-6,11-13H2,1-2H3,(H,23,26)(H,28,29). The first-order valence-electron chi connectivity index (χ1n) is 10.4. The van der Waals surface area contributed by atoms with Crippen molar-refractivity contribution in [2.24, 2.45) is 11.8 Å². The van der Waals surface area contributed by atoms with E-state index in [4.69, 9.17) is 0 Å². The first-order chi connectivity index (χ1) is 13.9. The number of nitrogens with one attached hydrogen (secondary N) is 1. The second-order valence-electron chi connectivity index (χ2n) is 8.29. The van der Waals surface area contributed by atoms with Crippen molar-refractivity contribution >= 4 is 22.6 Å². The number of nitrogens with zero attached hydrogens (tertiary/aromatic N) is 2. The molecule has 1 aromatic carbocycles. The summed E-state index contributed by atoms with van der Waals surface area (Å²) in [6, 6.07) is 6.50. The molecule has 1 heterocycles. The number of fused-ring (bicyclic) bond motifs is 1. The van der Waals surface area contributed by atoms with E-state index < -0.39 is 23.8 Å². The maximum absolute atomic E-state index is 13.2. The molecule has 1 fully saturated rings. The number of aliphatic carboxylic acids is 1. The van der Waals surface area contributed by atoms with Crippen LogP contribution >= 0.6 is 0 Å². The lowest BCUT2D eigenvalue weighted by Crippen LogP contribution is -2.44. The van der Waals surface area contributed by atoms with Crippen LogP contribution in [0.4, 0.5) is 0 Å². The van der Waals surface area contributed by atoms with Crippen LogP contribution in [0.1, 0.15) is 62.9 Å². The van der Waals surface area contributed by atoms with Crippen LogP contribution in [0, 0.1) is 11.8 Å². The zero-order chi connectivity index (χ0) is 21.0. The average Bonchev–Trinajstić information content (AvgIpc) is 2.65. The fourth-order valence-electron chi connectivity index (χ4n) is 4.06. The quantitative estimate of drug-likeness (QED) is 0.804. The lowest BCUT2D eigenvalue weighted by molar-refractivity contribution is -0.143. The maximum Gasteiger partial charge on any atom is 0.308 e. The third kappa shape index (κ3) is 4.83. The number of carboxylic acids is 1. The molecule has 1 aliphatic rings. The molecule has 0 saturated heterocycles. The van der Waals surface area contributed by atoms with Gasteiger partial charge in [-0.25, -0.2) is 4.68 Å². The molecule has 0 spiro atoms. The van der Waals surface area contributed by atoms with E-state index in [-0.39, 0.29) is 17.2 Å². The van der Waals surface area contributed by atoms with Gasteiger partial charge in [-0.3, -0.25) is 14.4 Å².